The number of hydrogen-bond donors (Lipinski definition) is 2. The SMILES string of the molecule is O=S(=O)(NCC1CC(O)C1)C(F)F. The van der Waals surface area contributed by atoms with Gasteiger partial charge in [0.1, 0.15) is 0 Å². The first kappa shape index (κ1) is 10.8. The van der Waals surface area contributed by atoms with Crippen molar-refractivity contribution in [3.8, 4) is 0 Å². The molecule has 0 amide bonds. The molecule has 4 nitrogen and oxygen atoms in total. The van der Waals surface area contributed by atoms with Gasteiger partial charge in [0, 0.05) is 6.54 Å². The van der Waals surface area contributed by atoms with E-state index in [2.05, 4.69) is 0 Å². The highest BCUT2D eigenvalue weighted by molar-refractivity contribution is 7.89. The molecule has 0 saturated heterocycles. The summed E-state index contributed by atoms with van der Waals surface area (Å²) in [4.78, 5) is 0. The second kappa shape index (κ2) is 3.85. The van der Waals surface area contributed by atoms with Crippen molar-refractivity contribution in [1.29, 1.82) is 0 Å². The first-order chi connectivity index (χ1) is 5.92. The van der Waals surface area contributed by atoms with Gasteiger partial charge in [-0.25, -0.2) is 13.1 Å². The van der Waals surface area contributed by atoms with Crippen molar-refractivity contribution < 1.29 is 22.3 Å². The monoisotopic (exact) mass is 215 g/mol. The zero-order valence-electron chi connectivity index (χ0n) is 6.78. The third-order valence-corrected chi connectivity index (χ3v) is 3.06. The maximum Gasteiger partial charge on any atom is 0.350 e. The fourth-order valence-corrected chi connectivity index (χ4v) is 1.76. The zero-order valence-corrected chi connectivity index (χ0v) is 7.60. The fourth-order valence-electron chi connectivity index (χ4n) is 1.16. The van der Waals surface area contributed by atoms with Crippen LogP contribution in [0.25, 0.3) is 0 Å². The number of aliphatic hydroxyl groups is 1. The van der Waals surface area contributed by atoms with Crippen LogP contribution in [0.1, 0.15) is 12.8 Å². The topological polar surface area (TPSA) is 66.4 Å². The van der Waals surface area contributed by atoms with Crippen LogP contribution in [0.5, 0.6) is 0 Å². The molecule has 0 radical (unpaired) electrons. The normalized spacial score (nSPS) is 28.9. The van der Waals surface area contributed by atoms with Crippen LogP contribution >= 0.6 is 0 Å². The van der Waals surface area contributed by atoms with Crippen molar-refractivity contribution >= 4 is 10.0 Å². The number of hydrogen-bond acceptors (Lipinski definition) is 3. The van der Waals surface area contributed by atoms with E-state index < -0.39 is 21.9 Å². The highest BCUT2D eigenvalue weighted by Gasteiger charge is 2.30. The minimum absolute atomic E-state index is 0.0102. The Bertz CT molecular complexity index is 261. The highest BCUT2D eigenvalue weighted by Crippen LogP contribution is 2.26. The summed E-state index contributed by atoms with van der Waals surface area (Å²) in [6, 6.07) is 0. The maximum atomic E-state index is 11.8. The van der Waals surface area contributed by atoms with E-state index >= 15 is 0 Å². The average Bonchev–Trinajstić information content (AvgIpc) is 1.95. The molecule has 0 atom stereocenters. The molecule has 0 spiro atoms. The van der Waals surface area contributed by atoms with Crippen LogP contribution in [-0.4, -0.2) is 31.9 Å². The number of aliphatic hydroxyl groups excluding tert-OH is 1. The van der Waals surface area contributed by atoms with Crippen molar-refractivity contribution in [2.45, 2.75) is 24.7 Å². The van der Waals surface area contributed by atoms with Gasteiger partial charge in [0.25, 0.3) is 10.0 Å². The molecule has 0 heterocycles. The van der Waals surface area contributed by atoms with E-state index in [1.807, 2.05) is 0 Å². The first-order valence-electron chi connectivity index (χ1n) is 3.86. The van der Waals surface area contributed by atoms with Crippen LogP contribution in [0.2, 0.25) is 0 Å². The number of sulfonamides is 1. The van der Waals surface area contributed by atoms with Gasteiger partial charge in [0.2, 0.25) is 0 Å². The summed E-state index contributed by atoms with van der Waals surface area (Å²) in [6.07, 6.45) is 0.554. The molecule has 0 aromatic rings. The molecule has 13 heavy (non-hydrogen) atoms. The lowest BCUT2D eigenvalue weighted by atomic mass is 9.83. The Morgan fingerprint density at radius 1 is 1.46 bits per heavy atom. The van der Waals surface area contributed by atoms with Crippen molar-refractivity contribution in [1.82, 2.24) is 4.72 Å². The molecule has 78 valence electrons. The molecule has 1 aliphatic rings. The van der Waals surface area contributed by atoms with E-state index in [-0.39, 0.29) is 12.5 Å². The number of alkyl halides is 2. The molecule has 0 aromatic carbocycles. The van der Waals surface area contributed by atoms with Gasteiger partial charge in [-0.3, -0.25) is 0 Å². The Morgan fingerprint density at radius 2 is 2.00 bits per heavy atom. The summed E-state index contributed by atoms with van der Waals surface area (Å²) >= 11 is 0. The van der Waals surface area contributed by atoms with Crippen LogP contribution in [0, 0.1) is 5.92 Å². The van der Waals surface area contributed by atoms with Gasteiger partial charge in [0.15, 0.2) is 0 Å². The Hall–Kier alpha value is -0.270. The Morgan fingerprint density at radius 3 is 2.38 bits per heavy atom. The second-order valence-corrected chi connectivity index (χ2v) is 4.88. The van der Waals surface area contributed by atoms with Crippen molar-refractivity contribution in [2.24, 2.45) is 5.92 Å². The van der Waals surface area contributed by atoms with Crippen molar-refractivity contribution in [2.75, 3.05) is 6.54 Å². The van der Waals surface area contributed by atoms with E-state index in [1.54, 1.807) is 4.72 Å². The molecule has 1 aliphatic carbocycles. The minimum atomic E-state index is -4.45. The smallest absolute Gasteiger partial charge is 0.350 e. The summed E-state index contributed by atoms with van der Waals surface area (Å²) in [5, 5.41) is 8.83. The van der Waals surface area contributed by atoms with Crippen LogP contribution < -0.4 is 4.72 Å². The van der Waals surface area contributed by atoms with E-state index in [9.17, 15) is 17.2 Å². The van der Waals surface area contributed by atoms with E-state index in [4.69, 9.17) is 5.11 Å². The van der Waals surface area contributed by atoms with Crippen molar-refractivity contribution in [3.05, 3.63) is 0 Å². The second-order valence-electron chi connectivity index (χ2n) is 3.15. The lowest BCUT2D eigenvalue weighted by Gasteiger charge is -2.31. The average molecular weight is 215 g/mol. The van der Waals surface area contributed by atoms with Gasteiger partial charge in [-0.2, -0.15) is 8.78 Å². The predicted octanol–water partition coefficient (Wildman–Crippen LogP) is -0.101. The first-order valence-corrected chi connectivity index (χ1v) is 5.41. The summed E-state index contributed by atoms with van der Waals surface area (Å²) in [5.41, 5.74) is 0. The Labute approximate surface area is 75.0 Å². The quantitative estimate of drug-likeness (QED) is 0.688. The summed E-state index contributed by atoms with van der Waals surface area (Å²) < 4.78 is 46.4. The molecule has 0 aromatic heterocycles. The van der Waals surface area contributed by atoms with Crippen LogP contribution in [0.3, 0.4) is 0 Å². The highest BCUT2D eigenvalue weighted by atomic mass is 32.2. The molecule has 1 fully saturated rings. The number of nitrogens with one attached hydrogen (secondary N) is 1. The number of rotatable bonds is 4. The molecule has 2 N–H and O–H groups in total. The molecule has 7 heteroatoms. The third kappa shape index (κ3) is 2.85. The Kier molecular flexibility index (Phi) is 3.20. The Balaban J connectivity index is 2.27. The number of halogens is 2. The minimum Gasteiger partial charge on any atom is -0.393 e. The summed E-state index contributed by atoms with van der Waals surface area (Å²) in [7, 11) is -4.45. The van der Waals surface area contributed by atoms with Gasteiger partial charge >= 0.3 is 5.76 Å². The van der Waals surface area contributed by atoms with E-state index in [0.29, 0.717) is 12.8 Å². The van der Waals surface area contributed by atoms with Gasteiger partial charge in [-0.05, 0) is 18.8 Å². The molecule has 1 saturated carbocycles. The molecule has 0 aliphatic heterocycles. The standard InChI is InChI=1S/C6H11F2NO3S/c7-6(8)13(11,12)9-3-4-1-5(10)2-4/h4-6,9-10H,1-3H2. The van der Waals surface area contributed by atoms with Crippen LogP contribution in [0.4, 0.5) is 8.78 Å². The molecular weight excluding hydrogens is 204 g/mol. The molecular formula is C6H11F2NO3S. The summed E-state index contributed by atoms with van der Waals surface area (Å²) in [6.45, 7) is -0.0102. The fraction of sp³-hybridized carbons (Fsp3) is 1.00. The van der Waals surface area contributed by atoms with Crippen LogP contribution in [0.15, 0.2) is 0 Å². The van der Waals surface area contributed by atoms with Gasteiger partial charge in [0.05, 0.1) is 6.10 Å². The van der Waals surface area contributed by atoms with Crippen molar-refractivity contribution in [3.63, 3.8) is 0 Å². The zero-order chi connectivity index (χ0) is 10.1. The largest absolute Gasteiger partial charge is 0.393 e. The summed E-state index contributed by atoms with van der Waals surface area (Å²) in [5.74, 6) is -3.39. The van der Waals surface area contributed by atoms with Crippen LogP contribution in [-0.2, 0) is 10.0 Å². The molecule has 0 bridgehead atoms. The van der Waals surface area contributed by atoms with E-state index in [0.717, 1.165) is 0 Å². The maximum absolute atomic E-state index is 11.8. The van der Waals surface area contributed by atoms with Gasteiger partial charge in [-0.15, -0.1) is 0 Å². The van der Waals surface area contributed by atoms with E-state index in [1.165, 1.54) is 0 Å². The van der Waals surface area contributed by atoms with Gasteiger partial charge < -0.3 is 5.11 Å². The molecule has 0 unspecified atom stereocenters. The third-order valence-electron chi connectivity index (χ3n) is 2.02. The van der Waals surface area contributed by atoms with Gasteiger partial charge in [-0.1, -0.05) is 0 Å². The molecule has 1 rings (SSSR count). The lowest BCUT2D eigenvalue weighted by Crippen LogP contribution is -2.40. The predicted molar refractivity (Wildman–Crippen MR) is 41.7 cm³/mol. The lowest BCUT2D eigenvalue weighted by molar-refractivity contribution is 0.0451.